The van der Waals surface area contributed by atoms with Gasteiger partial charge in [-0.15, -0.1) is 0 Å². The number of aliphatic hydroxyl groups excluding tert-OH is 1. The van der Waals surface area contributed by atoms with Crippen molar-refractivity contribution in [3.63, 3.8) is 0 Å². The lowest BCUT2D eigenvalue weighted by Gasteiger charge is -2.29. The second-order valence-corrected chi connectivity index (χ2v) is 23.8. The lowest BCUT2D eigenvalue weighted by Crippen LogP contribution is -2.45. The van der Waals surface area contributed by atoms with Crippen LogP contribution in [0, 0.1) is 0 Å². The standard InChI is InChI=1S/C63H121N2O6P/c1-6-8-10-12-14-16-18-20-22-24-26-28-30-32-33-35-37-39-41-43-45-47-49-51-53-55-57-63(67)64-61(60-71-72(68,69)70-59-58-65(3,4)5)62(66)56-54-52-50-48-46-44-42-40-38-36-34-31-29-27-25-23-21-19-17-15-13-11-9-7-2/h32-33,38,40,46,48,54,56,61-62,66H,6-31,34-37,39,41-45,47,49-53,55,57-60H2,1-5H3,(H-,64,67,68,69)/b33-32-,40-38+,48-46+,56-54+. The maximum Gasteiger partial charge on any atom is 0.268 e. The van der Waals surface area contributed by atoms with Crippen LogP contribution in [0.3, 0.4) is 0 Å². The smallest absolute Gasteiger partial charge is 0.268 e. The summed E-state index contributed by atoms with van der Waals surface area (Å²) in [4.78, 5) is 25.5. The highest BCUT2D eigenvalue weighted by Gasteiger charge is 2.23. The predicted molar refractivity (Wildman–Crippen MR) is 311 cm³/mol. The zero-order valence-corrected chi connectivity index (χ0v) is 49.3. The summed E-state index contributed by atoms with van der Waals surface area (Å²) >= 11 is 0. The van der Waals surface area contributed by atoms with Gasteiger partial charge in [0.25, 0.3) is 7.82 Å². The van der Waals surface area contributed by atoms with E-state index < -0.39 is 26.6 Å². The normalized spacial score (nSPS) is 14.2. The molecule has 0 radical (unpaired) electrons. The molecule has 3 atom stereocenters. The molecule has 3 unspecified atom stereocenters. The quantitative estimate of drug-likeness (QED) is 0.0272. The fourth-order valence-electron chi connectivity index (χ4n) is 9.12. The molecule has 0 aliphatic carbocycles. The third kappa shape index (κ3) is 56.2. The number of carbonyl (C=O) groups is 1. The Morgan fingerprint density at radius 1 is 0.472 bits per heavy atom. The van der Waals surface area contributed by atoms with Crippen LogP contribution in [0.5, 0.6) is 0 Å². The number of phosphoric ester groups is 1. The molecule has 8 nitrogen and oxygen atoms in total. The van der Waals surface area contributed by atoms with Crippen molar-refractivity contribution in [2.75, 3.05) is 40.9 Å². The Morgan fingerprint density at radius 3 is 1.12 bits per heavy atom. The molecule has 0 bridgehead atoms. The minimum Gasteiger partial charge on any atom is -0.756 e. The molecule has 0 heterocycles. The van der Waals surface area contributed by atoms with Crippen LogP contribution in [-0.4, -0.2) is 68.5 Å². The van der Waals surface area contributed by atoms with Crippen molar-refractivity contribution in [2.24, 2.45) is 0 Å². The molecule has 9 heteroatoms. The number of amides is 1. The van der Waals surface area contributed by atoms with E-state index in [4.69, 9.17) is 9.05 Å². The Labute approximate surface area is 448 Å². The van der Waals surface area contributed by atoms with Gasteiger partial charge in [0.05, 0.1) is 39.9 Å². The summed E-state index contributed by atoms with van der Waals surface area (Å²) in [6.07, 6.45) is 72.1. The Morgan fingerprint density at radius 2 is 0.778 bits per heavy atom. The van der Waals surface area contributed by atoms with Crippen LogP contribution in [0.2, 0.25) is 0 Å². The lowest BCUT2D eigenvalue weighted by molar-refractivity contribution is -0.870. The number of hydrogen-bond acceptors (Lipinski definition) is 6. The molecular weight excluding hydrogens is 912 g/mol. The maximum absolute atomic E-state index is 13.0. The number of nitrogens with zero attached hydrogens (tertiary/aromatic N) is 1. The van der Waals surface area contributed by atoms with E-state index >= 15 is 0 Å². The van der Waals surface area contributed by atoms with E-state index in [2.05, 4.69) is 55.6 Å². The summed E-state index contributed by atoms with van der Waals surface area (Å²) in [5.41, 5.74) is 0. The maximum atomic E-state index is 13.0. The van der Waals surface area contributed by atoms with Gasteiger partial charge in [0, 0.05) is 6.42 Å². The van der Waals surface area contributed by atoms with Crippen molar-refractivity contribution in [1.82, 2.24) is 5.32 Å². The van der Waals surface area contributed by atoms with E-state index in [0.717, 1.165) is 44.9 Å². The van der Waals surface area contributed by atoms with Crippen LogP contribution in [0.1, 0.15) is 296 Å². The molecule has 72 heavy (non-hydrogen) atoms. The number of phosphoric acid groups is 1. The van der Waals surface area contributed by atoms with Crippen LogP contribution in [0.4, 0.5) is 0 Å². The zero-order valence-electron chi connectivity index (χ0n) is 48.4. The van der Waals surface area contributed by atoms with Crippen molar-refractivity contribution in [2.45, 2.75) is 309 Å². The van der Waals surface area contributed by atoms with Crippen molar-refractivity contribution in [3.8, 4) is 0 Å². The second-order valence-electron chi connectivity index (χ2n) is 22.4. The minimum absolute atomic E-state index is 0.00940. The lowest BCUT2D eigenvalue weighted by atomic mass is 10.0. The van der Waals surface area contributed by atoms with Gasteiger partial charge >= 0.3 is 0 Å². The van der Waals surface area contributed by atoms with E-state index in [9.17, 15) is 19.4 Å². The third-order valence-corrected chi connectivity index (χ3v) is 15.0. The topological polar surface area (TPSA) is 108 Å². The van der Waals surface area contributed by atoms with Crippen LogP contribution < -0.4 is 10.2 Å². The predicted octanol–water partition coefficient (Wildman–Crippen LogP) is 18.5. The molecule has 0 fully saturated rings. The van der Waals surface area contributed by atoms with Crippen molar-refractivity contribution >= 4 is 13.7 Å². The second kappa shape index (κ2) is 54.3. The van der Waals surface area contributed by atoms with Crippen LogP contribution in [0.15, 0.2) is 48.6 Å². The van der Waals surface area contributed by atoms with Gasteiger partial charge in [0.1, 0.15) is 13.2 Å². The van der Waals surface area contributed by atoms with Crippen molar-refractivity contribution in [3.05, 3.63) is 48.6 Å². The number of aliphatic hydroxyl groups is 1. The largest absolute Gasteiger partial charge is 0.756 e. The molecule has 0 saturated heterocycles. The third-order valence-electron chi connectivity index (χ3n) is 14.0. The molecular formula is C63H121N2O6P. The molecule has 0 saturated carbocycles. The summed E-state index contributed by atoms with van der Waals surface area (Å²) in [5.74, 6) is -0.210. The molecule has 1 amide bonds. The number of nitrogens with one attached hydrogen (secondary N) is 1. The summed E-state index contributed by atoms with van der Waals surface area (Å²) in [6.45, 7) is 4.66. The number of unbranched alkanes of at least 4 members (excludes halogenated alkanes) is 38. The molecule has 0 aromatic rings. The van der Waals surface area contributed by atoms with Gasteiger partial charge in [-0.2, -0.15) is 0 Å². The van der Waals surface area contributed by atoms with E-state index in [1.54, 1.807) is 6.08 Å². The molecule has 0 spiro atoms. The molecule has 424 valence electrons. The molecule has 0 aromatic carbocycles. The number of carbonyl (C=O) groups excluding carboxylic acids is 1. The monoisotopic (exact) mass is 1030 g/mol. The fraction of sp³-hybridized carbons (Fsp3) is 0.857. The van der Waals surface area contributed by atoms with Gasteiger partial charge in [-0.1, -0.05) is 268 Å². The Kier molecular flexibility index (Phi) is 53.1. The van der Waals surface area contributed by atoms with E-state index in [1.165, 1.54) is 231 Å². The molecule has 0 aliphatic heterocycles. The first-order valence-corrected chi connectivity index (χ1v) is 32.5. The van der Waals surface area contributed by atoms with Crippen molar-refractivity contribution in [1.29, 1.82) is 0 Å². The first-order chi connectivity index (χ1) is 35.0. The first kappa shape index (κ1) is 70.5. The minimum atomic E-state index is -4.61. The average molecular weight is 1030 g/mol. The van der Waals surface area contributed by atoms with E-state index in [-0.39, 0.29) is 12.5 Å². The Bertz CT molecular complexity index is 1310. The van der Waals surface area contributed by atoms with Gasteiger partial charge in [-0.05, 0) is 70.6 Å². The van der Waals surface area contributed by atoms with Gasteiger partial charge < -0.3 is 28.8 Å². The molecule has 0 aliphatic rings. The van der Waals surface area contributed by atoms with E-state index in [0.29, 0.717) is 17.4 Å². The highest BCUT2D eigenvalue weighted by molar-refractivity contribution is 7.45. The average Bonchev–Trinajstić information content (AvgIpc) is 3.34. The van der Waals surface area contributed by atoms with Crippen LogP contribution in [-0.2, 0) is 18.4 Å². The van der Waals surface area contributed by atoms with Gasteiger partial charge in [-0.25, -0.2) is 0 Å². The summed E-state index contributed by atoms with van der Waals surface area (Å²) in [7, 11) is 1.24. The zero-order chi connectivity index (χ0) is 52.7. The molecule has 2 N–H and O–H groups in total. The van der Waals surface area contributed by atoms with Gasteiger partial charge in [0.15, 0.2) is 0 Å². The fourth-order valence-corrected chi connectivity index (χ4v) is 9.85. The number of rotatable bonds is 57. The van der Waals surface area contributed by atoms with Crippen molar-refractivity contribution < 1.29 is 32.9 Å². The summed E-state index contributed by atoms with van der Waals surface area (Å²) < 4.78 is 23.4. The Hall–Kier alpha value is -1.54. The summed E-state index contributed by atoms with van der Waals surface area (Å²) in [6, 6.07) is -0.912. The molecule has 0 rings (SSSR count). The van der Waals surface area contributed by atoms with Gasteiger partial charge in [-0.3, -0.25) is 9.36 Å². The van der Waals surface area contributed by atoms with E-state index in [1.807, 2.05) is 27.2 Å². The molecule has 0 aromatic heterocycles. The number of likely N-dealkylation sites (N-methyl/N-ethyl adjacent to an activating group) is 1. The van der Waals surface area contributed by atoms with Crippen LogP contribution >= 0.6 is 7.82 Å². The summed E-state index contributed by atoms with van der Waals surface area (Å²) in [5, 5.41) is 13.9. The first-order valence-electron chi connectivity index (χ1n) is 31.0. The SMILES string of the molecule is CCCCCCCCCCCCCC/C=C\CCCCCCCCCCCCC(=O)NC(COP(=O)([O-])OCC[N+](C)(C)C)C(O)/C=C/CC/C=C/CC/C=C/CCCCCCCCCCCCCCCC. The number of hydrogen-bond donors (Lipinski definition) is 2. The number of allylic oxidation sites excluding steroid dienone is 7. The highest BCUT2D eigenvalue weighted by atomic mass is 31.2. The highest BCUT2D eigenvalue weighted by Crippen LogP contribution is 2.38. The van der Waals surface area contributed by atoms with Gasteiger partial charge in [0.2, 0.25) is 5.91 Å². The number of quaternary nitrogens is 1. The Balaban J connectivity index is 4.23. The van der Waals surface area contributed by atoms with Crippen LogP contribution in [0.25, 0.3) is 0 Å².